The van der Waals surface area contributed by atoms with Gasteiger partial charge in [-0.1, -0.05) is 67.6 Å². The van der Waals surface area contributed by atoms with Crippen LogP contribution in [0.1, 0.15) is 36.0 Å². The molecular weight excluding hydrogens is 450 g/mol. The molecule has 1 heterocycles. The molecule has 0 saturated heterocycles. The van der Waals surface area contributed by atoms with Gasteiger partial charge >= 0.3 is 5.97 Å². The molecule has 1 atom stereocenters. The lowest BCUT2D eigenvalue weighted by molar-refractivity contribution is -0.144. The van der Waals surface area contributed by atoms with E-state index in [1.165, 1.54) is 0 Å². The molecule has 36 heavy (non-hydrogen) atoms. The number of amides is 1. The molecule has 0 radical (unpaired) electrons. The van der Waals surface area contributed by atoms with Gasteiger partial charge in [0.1, 0.15) is 6.61 Å². The van der Waals surface area contributed by atoms with Gasteiger partial charge in [-0.3, -0.25) is 14.6 Å². The minimum atomic E-state index is -0.362. The van der Waals surface area contributed by atoms with E-state index in [0.717, 1.165) is 46.1 Å². The maximum atomic E-state index is 13.3. The van der Waals surface area contributed by atoms with Gasteiger partial charge in [0, 0.05) is 30.0 Å². The van der Waals surface area contributed by atoms with Gasteiger partial charge in [-0.25, -0.2) is 0 Å². The SMILES string of the molecule is CCCNCC(C(=O)Nc1ccc2cnccc2c1)c1ccc(COC(=O)Cc2ccccc2)cc1. The van der Waals surface area contributed by atoms with Crippen LogP contribution < -0.4 is 10.6 Å². The molecule has 0 aliphatic carbocycles. The lowest BCUT2D eigenvalue weighted by atomic mass is 9.96. The molecule has 4 rings (SSSR count). The Kier molecular flexibility index (Phi) is 8.78. The number of anilines is 1. The van der Waals surface area contributed by atoms with Crippen LogP contribution in [0.2, 0.25) is 0 Å². The van der Waals surface area contributed by atoms with Crippen LogP contribution in [-0.2, 0) is 27.4 Å². The minimum absolute atomic E-state index is 0.0750. The second kappa shape index (κ2) is 12.6. The Bertz CT molecular complexity index is 1290. The van der Waals surface area contributed by atoms with Crippen LogP contribution in [0.5, 0.6) is 0 Å². The largest absolute Gasteiger partial charge is 0.461 e. The average molecular weight is 482 g/mol. The van der Waals surface area contributed by atoms with Crippen LogP contribution in [0.4, 0.5) is 5.69 Å². The third-order valence-electron chi connectivity index (χ3n) is 5.97. The zero-order valence-electron chi connectivity index (χ0n) is 20.4. The van der Waals surface area contributed by atoms with Gasteiger partial charge in [0.15, 0.2) is 0 Å². The summed E-state index contributed by atoms with van der Waals surface area (Å²) in [4.78, 5) is 29.6. The van der Waals surface area contributed by atoms with Crippen molar-refractivity contribution in [1.29, 1.82) is 0 Å². The summed E-state index contributed by atoms with van der Waals surface area (Å²) in [5.74, 6) is -0.703. The van der Waals surface area contributed by atoms with Crippen LogP contribution in [-0.4, -0.2) is 29.9 Å². The van der Waals surface area contributed by atoms with E-state index in [9.17, 15) is 9.59 Å². The van der Waals surface area contributed by atoms with E-state index < -0.39 is 0 Å². The van der Waals surface area contributed by atoms with Gasteiger partial charge < -0.3 is 15.4 Å². The first-order valence-corrected chi connectivity index (χ1v) is 12.3. The summed E-state index contributed by atoms with van der Waals surface area (Å²) in [5.41, 5.74) is 3.46. The van der Waals surface area contributed by atoms with E-state index in [2.05, 4.69) is 22.5 Å². The van der Waals surface area contributed by atoms with Crippen molar-refractivity contribution in [2.75, 3.05) is 18.4 Å². The number of ether oxygens (including phenoxy) is 1. The quantitative estimate of drug-likeness (QED) is 0.226. The molecular formula is C30H31N3O3. The number of rotatable bonds is 11. The summed E-state index contributed by atoms with van der Waals surface area (Å²) in [5, 5.41) is 8.49. The third kappa shape index (κ3) is 6.99. The van der Waals surface area contributed by atoms with E-state index >= 15 is 0 Å². The monoisotopic (exact) mass is 481 g/mol. The highest BCUT2D eigenvalue weighted by Gasteiger charge is 2.21. The highest BCUT2D eigenvalue weighted by molar-refractivity contribution is 5.98. The summed E-state index contributed by atoms with van der Waals surface area (Å²) >= 11 is 0. The first kappa shape index (κ1) is 25.1. The first-order chi connectivity index (χ1) is 17.6. The number of nitrogens with one attached hydrogen (secondary N) is 2. The van der Waals surface area contributed by atoms with Crippen LogP contribution >= 0.6 is 0 Å². The topological polar surface area (TPSA) is 80.3 Å². The van der Waals surface area contributed by atoms with Gasteiger partial charge in [-0.05, 0) is 53.2 Å². The molecule has 4 aromatic rings. The van der Waals surface area contributed by atoms with Crippen molar-refractivity contribution in [2.24, 2.45) is 0 Å². The van der Waals surface area contributed by atoms with Crippen molar-refractivity contribution < 1.29 is 14.3 Å². The predicted molar refractivity (Wildman–Crippen MR) is 143 cm³/mol. The smallest absolute Gasteiger partial charge is 0.310 e. The Hall–Kier alpha value is -4.03. The Balaban J connectivity index is 1.40. The standard InChI is InChI=1S/C30H31N3O3/c1-2-15-31-20-28(30(35)33-27-13-12-26-19-32-16-14-25(26)18-27)24-10-8-23(9-11-24)21-36-29(34)17-22-6-4-3-5-7-22/h3-14,16,18-19,28,31H,2,15,17,20-21H2,1H3,(H,33,35). The number of benzene rings is 3. The fourth-order valence-corrected chi connectivity index (χ4v) is 4.00. The maximum absolute atomic E-state index is 13.3. The van der Waals surface area contributed by atoms with Crippen molar-refractivity contribution >= 4 is 28.3 Å². The summed E-state index contributed by atoms with van der Waals surface area (Å²) in [7, 11) is 0. The molecule has 6 nitrogen and oxygen atoms in total. The van der Waals surface area contributed by atoms with Gasteiger partial charge in [-0.15, -0.1) is 0 Å². The number of aromatic nitrogens is 1. The summed E-state index contributed by atoms with van der Waals surface area (Å²) in [6, 6.07) is 25.0. The molecule has 0 bridgehead atoms. The number of hydrogen-bond acceptors (Lipinski definition) is 5. The summed E-state index contributed by atoms with van der Waals surface area (Å²) in [6.07, 6.45) is 4.78. The van der Waals surface area contributed by atoms with Crippen LogP contribution in [0.3, 0.4) is 0 Å². The number of pyridine rings is 1. The number of esters is 1. The van der Waals surface area contributed by atoms with Crippen molar-refractivity contribution in [3.05, 3.63) is 108 Å². The second-order valence-corrected chi connectivity index (χ2v) is 8.75. The number of nitrogens with zero attached hydrogens (tertiary/aromatic N) is 1. The number of carbonyl (C=O) groups is 2. The molecule has 0 fully saturated rings. The van der Waals surface area contributed by atoms with Crippen LogP contribution in [0.15, 0.2) is 91.3 Å². The lowest BCUT2D eigenvalue weighted by Gasteiger charge is -2.19. The Morgan fingerprint density at radius 3 is 2.50 bits per heavy atom. The third-order valence-corrected chi connectivity index (χ3v) is 5.97. The number of carbonyl (C=O) groups excluding carboxylic acids is 2. The normalized spacial score (nSPS) is 11.7. The molecule has 0 aliphatic rings. The molecule has 1 amide bonds. The Labute approximate surface area is 211 Å². The molecule has 0 aliphatic heterocycles. The molecule has 1 aromatic heterocycles. The first-order valence-electron chi connectivity index (χ1n) is 12.3. The van der Waals surface area contributed by atoms with E-state index in [0.29, 0.717) is 6.54 Å². The summed E-state index contributed by atoms with van der Waals surface area (Å²) in [6.45, 7) is 3.66. The fraction of sp³-hybridized carbons (Fsp3) is 0.233. The second-order valence-electron chi connectivity index (χ2n) is 8.75. The van der Waals surface area contributed by atoms with Crippen molar-refractivity contribution in [3.8, 4) is 0 Å². The van der Waals surface area contributed by atoms with E-state index in [1.54, 1.807) is 12.4 Å². The Morgan fingerprint density at radius 2 is 1.72 bits per heavy atom. The molecule has 1 unspecified atom stereocenters. The van der Waals surface area contributed by atoms with Crippen molar-refractivity contribution in [3.63, 3.8) is 0 Å². The zero-order chi connectivity index (χ0) is 25.2. The highest BCUT2D eigenvalue weighted by atomic mass is 16.5. The zero-order valence-corrected chi connectivity index (χ0v) is 20.4. The lowest BCUT2D eigenvalue weighted by Crippen LogP contribution is -2.31. The van der Waals surface area contributed by atoms with E-state index in [-0.39, 0.29) is 30.8 Å². The molecule has 0 saturated carbocycles. The van der Waals surface area contributed by atoms with Gasteiger partial charge in [0.05, 0.1) is 12.3 Å². The number of hydrogen-bond donors (Lipinski definition) is 2. The van der Waals surface area contributed by atoms with Gasteiger partial charge in [-0.2, -0.15) is 0 Å². The minimum Gasteiger partial charge on any atom is -0.461 e. The summed E-state index contributed by atoms with van der Waals surface area (Å²) < 4.78 is 5.44. The van der Waals surface area contributed by atoms with Crippen molar-refractivity contribution in [1.82, 2.24) is 10.3 Å². The predicted octanol–water partition coefficient (Wildman–Crippen LogP) is 5.24. The number of fused-ring (bicyclic) bond motifs is 1. The Morgan fingerprint density at radius 1 is 0.917 bits per heavy atom. The molecule has 184 valence electrons. The average Bonchev–Trinajstić information content (AvgIpc) is 2.91. The highest BCUT2D eigenvalue weighted by Crippen LogP contribution is 2.22. The van der Waals surface area contributed by atoms with Crippen molar-refractivity contribution in [2.45, 2.75) is 32.3 Å². The van der Waals surface area contributed by atoms with Gasteiger partial charge in [0.25, 0.3) is 0 Å². The molecule has 2 N–H and O–H groups in total. The van der Waals surface area contributed by atoms with E-state index in [1.807, 2.05) is 78.9 Å². The molecule has 3 aromatic carbocycles. The molecule has 6 heteroatoms. The van der Waals surface area contributed by atoms with Crippen LogP contribution in [0.25, 0.3) is 10.8 Å². The fourth-order valence-electron chi connectivity index (χ4n) is 4.00. The molecule has 0 spiro atoms. The van der Waals surface area contributed by atoms with Gasteiger partial charge in [0.2, 0.25) is 5.91 Å². The van der Waals surface area contributed by atoms with Crippen LogP contribution in [0, 0.1) is 0 Å². The van der Waals surface area contributed by atoms with E-state index in [4.69, 9.17) is 4.74 Å². The maximum Gasteiger partial charge on any atom is 0.310 e.